The number of nitrogens with zero attached hydrogens (tertiary/aromatic N) is 4. The molecule has 0 bridgehead atoms. The lowest BCUT2D eigenvalue weighted by molar-refractivity contribution is -0.136. The average Bonchev–Trinajstić information content (AvgIpc) is 2.90. The highest BCUT2D eigenvalue weighted by molar-refractivity contribution is 9.10. The summed E-state index contributed by atoms with van der Waals surface area (Å²) in [5.74, 6) is 0.104. The summed E-state index contributed by atoms with van der Waals surface area (Å²) in [5.41, 5.74) is 2.89. The molecule has 26 heavy (non-hydrogen) atoms. The van der Waals surface area contributed by atoms with Gasteiger partial charge in [0.1, 0.15) is 6.04 Å². The highest BCUT2D eigenvalue weighted by atomic mass is 79.9. The van der Waals surface area contributed by atoms with E-state index in [1.165, 1.54) is 5.56 Å². The Kier molecular flexibility index (Phi) is 6.05. The van der Waals surface area contributed by atoms with Crippen LogP contribution in [0.3, 0.4) is 0 Å². The van der Waals surface area contributed by atoms with E-state index >= 15 is 0 Å². The van der Waals surface area contributed by atoms with Gasteiger partial charge in [-0.15, -0.1) is 0 Å². The summed E-state index contributed by atoms with van der Waals surface area (Å²) >= 11 is 9.83. The van der Waals surface area contributed by atoms with Crippen LogP contribution in [-0.2, 0) is 11.3 Å². The number of hydrogen-bond acceptors (Lipinski definition) is 3. The summed E-state index contributed by atoms with van der Waals surface area (Å²) in [5, 5.41) is 5.07. The number of benzene rings is 1. The standard InChI is InChI=1S/C19H24BrClN4O/c1-13-18(21)14(2)25(22-13)15(3)19(26)24-10-8-23(9-11-24)12-16-6-4-5-7-17(16)20/h4-7,15H,8-12H2,1-3H3. The minimum absolute atomic E-state index is 0.104. The summed E-state index contributed by atoms with van der Waals surface area (Å²) < 4.78 is 2.88. The Morgan fingerprint density at radius 3 is 2.46 bits per heavy atom. The van der Waals surface area contributed by atoms with Crippen molar-refractivity contribution in [2.24, 2.45) is 0 Å². The van der Waals surface area contributed by atoms with Gasteiger partial charge in [-0.2, -0.15) is 5.10 Å². The van der Waals surface area contributed by atoms with Crippen LogP contribution in [0.1, 0.15) is 29.9 Å². The molecule has 1 unspecified atom stereocenters. The molecule has 2 heterocycles. The van der Waals surface area contributed by atoms with Gasteiger partial charge in [-0.3, -0.25) is 14.4 Å². The van der Waals surface area contributed by atoms with Crippen LogP contribution in [-0.4, -0.2) is 51.7 Å². The van der Waals surface area contributed by atoms with Crippen molar-refractivity contribution < 1.29 is 4.79 Å². The van der Waals surface area contributed by atoms with E-state index in [1.54, 1.807) is 4.68 Å². The van der Waals surface area contributed by atoms with Crippen LogP contribution in [0.15, 0.2) is 28.7 Å². The molecule has 1 aliphatic heterocycles. The molecule has 1 aromatic carbocycles. The van der Waals surface area contributed by atoms with Crippen molar-refractivity contribution in [2.45, 2.75) is 33.4 Å². The number of halogens is 2. The summed E-state index contributed by atoms with van der Waals surface area (Å²) in [4.78, 5) is 17.2. The van der Waals surface area contributed by atoms with E-state index in [9.17, 15) is 4.79 Å². The van der Waals surface area contributed by atoms with Gasteiger partial charge in [0.05, 0.1) is 16.4 Å². The van der Waals surface area contributed by atoms with Gasteiger partial charge in [-0.25, -0.2) is 0 Å². The topological polar surface area (TPSA) is 41.4 Å². The van der Waals surface area contributed by atoms with Gasteiger partial charge < -0.3 is 4.90 Å². The minimum Gasteiger partial charge on any atom is -0.338 e. The molecule has 0 aliphatic carbocycles. The van der Waals surface area contributed by atoms with Crippen molar-refractivity contribution in [3.8, 4) is 0 Å². The SMILES string of the molecule is Cc1nn(C(C)C(=O)N2CCN(Cc3ccccc3Br)CC2)c(C)c1Cl. The van der Waals surface area contributed by atoms with Crippen LogP contribution < -0.4 is 0 Å². The number of amides is 1. The summed E-state index contributed by atoms with van der Waals surface area (Å²) in [6, 6.07) is 7.95. The molecule has 5 nitrogen and oxygen atoms in total. The quantitative estimate of drug-likeness (QED) is 0.727. The lowest BCUT2D eigenvalue weighted by atomic mass is 10.2. The molecule has 0 N–H and O–H groups in total. The fraction of sp³-hybridized carbons (Fsp3) is 0.474. The molecular weight excluding hydrogens is 416 g/mol. The maximum absolute atomic E-state index is 12.9. The third-order valence-electron chi connectivity index (χ3n) is 5.00. The Bertz CT molecular complexity index is 799. The highest BCUT2D eigenvalue weighted by Gasteiger charge is 2.28. The van der Waals surface area contributed by atoms with Crippen LogP contribution in [0.5, 0.6) is 0 Å². The van der Waals surface area contributed by atoms with E-state index in [4.69, 9.17) is 11.6 Å². The summed E-state index contributed by atoms with van der Waals surface area (Å²) in [6.45, 7) is 9.78. The molecule has 3 rings (SSSR count). The Morgan fingerprint density at radius 2 is 1.88 bits per heavy atom. The third kappa shape index (κ3) is 3.97. The molecule has 1 fully saturated rings. The number of aromatic nitrogens is 2. The van der Waals surface area contributed by atoms with Crippen LogP contribution in [0.25, 0.3) is 0 Å². The van der Waals surface area contributed by atoms with Gasteiger partial charge in [0.25, 0.3) is 0 Å². The van der Waals surface area contributed by atoms with E-state index in [0.717, 1.165) is 48.6 Å². The smallest absolute Gasteiger partial charge is 0.247 e. The maximum Gasteiger partial charge on any atom is 0.247 e. The minimum atomic E-state index is -0.337. The molecule has 2 aromatic rings. The molecule has 7 heteroatoms. The fourth-order valence-electron chi connectivity index (χ4n) is 3.38. The molecule has 140 valence electrons. The van der Waals surface area contributed by atoms with E-state index in [2.05, 4.69) is 44.1 Å². The van der Waals surface area contributed by atoms with E-state index in [1.807, 2.05) is 31.7 Å². The Hall–Kier alpha value is -1.37. The number of piperazine rings is 1. The molecule has 0 radical (unpaired) electrons. The normalized spacial score (nSPS) is 16.7. The third-order valence-corrected chi connectivity index (χ3v) is 6.32. The van der Waals surface area contributed by atoms with Crippen molar-refractivity contribution >= 4 is 33.4 Å². The first-order valence-electron chi connectivity index (χ1n) is 8.84. The highest BCUT2D eigenvalue weighted by Crippen LogP contribution is 2.24. The monoisotopic (exact) mass is 438 g/mol. The first-order chi connectivity index (χ1) is 12.4. The number of carbonyl (C=O) groups excluding carboxylic acids is 1. The molecule has 1 atom stereocenters. The van der Waals surface area contributed by atoms with Gasteiger partial charge in [0.15, 0.2) is 0 Å². The van der Waals surface area contributed by atoms with Crippen molar-refractivity contribution in [3.63, 3.8) is 0 Å². The fourth-order valence-corrected chi connectivity index (χ4v) is 3.92. The maximum atomic E-state index is 12.9. The predicted octanol–water partition coefficient (Wildman–Crippen LogP) is 3.82. The number of hydrogen-bond donors (Lipinski definition) is 0. The van der Waals surface area contributed by atoms with E-state index in [0.29, 0.717) is 5.02 Å². The lowest BCUT2D eigenvalue weighted by Crippen LogP contribution is -2.50. The second-order valence-electron chi connectivity index (χ2n) is 6.80. The van der Waals surface area contributed by atoms with Crippen LogP contribution in [0.4, 0.5) is 0 Å². The van der Waals surface area contributed by atoms with Crippen LogP contribution in [0, 0.1) is 13.8 Å². The number of carbonyl (C=O) groups is 1. The van der Waals surface area contributed by atoms with Gasteiger partial charge in [0, 0.05) is 37.2 Å². The molecule has 1 saturated heterocycles. The first-order valence-corrected chi connectivity index (χ1v) is 10.0. The van der Waals surface area contributed by atoms with E-state index < -0.39 is 0 Å². The Labute approximate surface area is 168 Å². The van der Waals surface area contributed by atoms with Gasteiger partial charge in [-0.1, -0.05) is 45.7 Å². The predicted molar refractivity (Wildman–Crippen MR) is 107 cm³/mol. The van der Waals surface area contributed by atoms with Crippen LogP contribution in [0.2, 0.25) is 5.02 Å². The van der Waals surface area contributed by atoms with E-state index in [-0.39, 0.29) is 11.9 Å². The molecule has 1 aliphatic rings. The molecular formula is C19H24BrClN4O. The molecule has 0 spiro atoms. The van der Waals surface area contributed by atoms with Crippen LogP contribution >= 0.6 is 27.5 Å². The van der Waals surface area contributed by atoms with Crippen molar-refractivity contribution in [1.82, 2.24) is 19.6 Å². The molecule has 1 aromatic heterocycles. The largest absolute Gasteiger partial charge is 0.338 e. The Morgan fingerprint density at radius 1 is 1.23 bits per heavy atom. The Balaban J connectivity index is 1.59. The molecule has 0 saturated carbocycles. The van der Waals surface area contributed by atoms with Gasteiger partial charge in [0.2, 0.25) is 5.91 Å². The number of aryl methyl sites for hydroxylation is 1. The first kappa shape index (κ1) is 19.4. The summed E-state index contributed by atoms with van der Waals surface area (Å²) in [7, 11) is 0. The molecule has 1 amide bonds. The second-order valence-corrected chi connectivity index (χ2v) is 8.03. The number of rotatable bonds is 4. The zero-order valence-corrected chi connectivity index (χ0v) is 17.7. The zero-order chi connectivity index (χ0) is 18.8. The van der Waals surface area contributed by atoms with Gasteiger partial charge >= 0.3 is 0 Å². The zero-order valence-electron chi connectivity index (χ0n) is 15.4. The van der Waals surface area contributed by atoms with Crippen molar-refractivity contribution in [2.75, 3.05) is 26.2 Å². The lowest BCUT2D eigenvalue weighted by Gasteiger charge is -2.36. The second kappa shape index (κ2) is 8.11. The van der Waals surface area contributed by atoms with Crippen molar-refractivity contribution in [1.29, 1.82) is 0 Å². The summed E-state index contributed by atoms with van der Waals surface area (Å²) in [6.07, 6.45) is 0. The van der Waals surface area contributed by atoms with Crippen molar-refractivity contribution in [3.05, 3.63) is 50.7 Å². The average molecular weight is 440 g/mol. The van der Waals surface area contributed by atoms with Gasteiger partial charge in [-0.05, 0) is 32.4 Å².